The van der Waals surface area contributed by atoms with Gasteiger partial charge in [-0.2, -0.15) is 0 Å². The van der Waals surface area contributed by atoms with Crippen molar-refractivity contribution in [3.8, 4) is 5.75 Å². The molecule has 188 valence electrons. The molecule has 0 bridgehead atoms. The van der Waals surface area contributed by atoms with E-state index in [4.69, 9.17) is 9.73 Å². The Morgan fingerprint density at radius 1 is 0.757 bits per heavy atom. The Bertz CT molecular complexity index is 1370. The van der Waals surface area contributed by atoms with Crippen molar-refractivity contribution in [2.45, 2.75) is 36.8 Å². The number of rotatable bonds is 10. The maximum Gasteiger partial charge on any atom is 0.202 e. The van der Waals surface area contributed by atoms with Crippen LogP contribution >= 0.6 is 0 Å². The molecule has 0 fully saturated rings. The second kappa shape index (κ2) is 11.8. The lowest BCUT2D eigenvalue weighted by atomic mass is 9.77. The number of hydrogen-bond donors (Lipinski definition) is 0. The predicted molar refractivity (Wildman–Crippen MR) is 148 cm³/mol. The third-order valence-corrected chi connectivity index (χ3v) is 7.66. The van der Waals surface area contributed by atoms with Crippen LogP contribution in [0.4, 0.5) is 0 Å². The lowest BCUT2D eigenvalue weighted by Crippen LogP contribution is -2.27. The number of benzene rings is 4. The second-order valence-corrected chi connectivity index (χ2v) is 10.6. The Balaban J connectivity index is 1.77. The lowest BCUT2D eigenvalue weighted by Gasteiger charge is -2.30. The summed E-state index contributed by atoms with van der Waals surface area (Å²) in [5, 5.41) is 0. The molecular formula is C31H30N2O3S. The summed E-state index contributed by atoms with van der Waals surface area (Å²) in [5.74, 6) is -0.164. The van der Waals surface area contributed by atoms with Crippen molar-refractivity contribution in [2.24, 2.45) is 9.98 Å². The molecule has 0 saturated heterocycles. The zero-order valence-corrected chi connectivity index (χ0v) is 21.8. The summed E-state index contributed by atoms with van der Waals surface area (Å²) in [6.07, 6.45) is 0.657. The molecule has 0 radical (unpaired) electrons. The van der Waals surface area contributed by atoms with Crippen molar-refractivity contribution in [3.05, 3.63) is 132 Å². The first-order valence-electron chi connectivity index (χ1n) is 12.3. The van der Waals surface area contributed by atoms with Crippen molar-refractivity contribution < 1.29 is 13.2 Å². The van der Waals surface area contributed by atoms with E-state index in [0.717, 1.165) is 23.1 Å². The summed E-state index contributed by atoms with van der Waals surface area (Å²) in [4.78, 5) is 9.11. The van der Waals surface area contributed by atoms with Crippen LogP contribution in [0.25, 0.3) is 0 Å². The van der Waals surface area contributed by atoms with Gasteiger partial charge in [0.05, 0.1) is 12.1 Å². The van der Waals surface area contributed by atoms with Gasteiger partial charge in [0.15, 0.2) is 5.88 Å². The first-order valence-corrected chi connectivity index (χ1v) is 13.9. The van der Waals surface area contributed by atoms with Crippen molar-refractivity contribution >= 4 is 15.8 Å². The Morgan fingerprint density at radius 2 is 1.22 bits per heavy atom. The molecule has 0 heterocycles. The van der Waals surface area contributed by atoms with Gasteiger partial charge in [0.2, 0.25) is 9.84 Å². The minimum absolute atomic E-state index is 0.107. The Labute approximate surface area is 219 Å². The highest BCUT2D eigenvalue weighted by atomic mass is 32.2. The lowest BCUT2D eigenvalue weighted by molar-refractivity contribution is 0.211. The quantitative estimate of drug-likeness (QED) is 0.175. The smallest absolute Gasteiger partial charge is 0.202 e. The van der Waals surface area contributed by atoms with Crippen LogP contribution in [0.15, 0.2) is 130 Å². The zero-order chi connectivity index (χ0) is 26.1. The van der Waals surface area contributed by atoms with Gasteiger partial charge in [0.25, 0.3) is 0 Å². The monoisotopic (exact) mass is 510 g/mol. The average molecular weight is 511 g/mol. The van der Waals surface area contributed by atoms with E-state index in [2.05, 4.69) is 11.0 Å². The molecule has 0 spiro atoms. The van der Waals surface area contributed by atoms with Gasteiger partial charge in [0, 0.05) is 0 Å². The zero-order valence-electron chi connectivity index (χ0n) is 21.0. The standard InChI is InChI=1S/C31H30N2O3S/c1-3-25(2)36-29-21-13-14-22-30(29)37(34,35)24-32-23-33-31(26-15-7-4-8-16-26,27-17-9-5-10-18-27)28-19-11-6-12-20-28/h4-22,25H,3,24H2,1-2H3. The molecule has 6 heteroatoms. The van der Waals surface area contributed by atoms with Crippen molar-refractivity contribution in [2.75, 3.05) is 5.88 Å². The normalized spacial score (nSPS) is 12.3. The number of ether oxygens (including phenoxy) is 1. The summed E-state index contributed by atoms with van der Waals surface area (Å²) < 4.78 is 32.3. The van der Waals surface area contributed by atoms with Crippen LogP contribution in [0, 0.1) is 0 Å². The van der Waals surface area contributed by atoms with Crippen molar-refractivity contribution in [1.29, 1.82) is 0 Å². The number of hydrogen-bond acceptors (Lipinski definition) is 5. The van der Waals surface area contributed by atoms with Crippen LogP contribution in [-0.4, -0.2) is 26.4 Å². The predicted octanol–water partition coefficient (Wildman–Crippen LogP) is 6.76. The molecule has 1 unspecified atom stereocenters. The Hall–Kier alpha value is -3.99. The minimum atomic E-state index is -3.77. The van der Waals surface area contributed by atoms with Crippen molar-refractivity contribution in [1.82, 2.24) is 0 Å². The van der Waals surface area contributed by atoms with Crippen LogP contribution in [-0.2, 0) is 15.4 Å². The SMILES string of the molecule is CCC(C)Oc1ccccc1S(=O)(=O)CN=C=NC(c1ccccc1)(c1ccccc1)c1ccccc1. The second-order valence-electron chi connectivity index (χ2n) is 8.71. The molecule has 4 rings (SSSR count). The number of para-hydroxylation sites is 1. The fourth-order valence-corrected chi connectivity index (χ4v) is 5.21. The van der Waals surface area contributed by atoms with Crippen molar-refractivity contribution in [3.63, 3.8) is 0 Å². The third-order valence-electron chi connectivity index (χ3n) is 6.18. The van der Waals surface area contributed by atoms with Gasteiger partial charge in [-0.3, -0.25) is 0 Å². The van der Waals surface area contributed by atoms with E-state index < -0.39 is 21.3 Å². The van der Waals surface area contributed by atoms with Gasteiger partial charge in [-0.05, 0) is 42.2 Å². The highest BCUT2D eigenvalue weighted by Crippen LogP contribution is 2.40. The molecule has 0 saturated carbocycles. The summed E-state index contributed by atoms with van der Waals surface area (Å²) in [6.45, 7) is 3.89. The topological polar surface area (TPSA) is 68.1 Å². The molecule has 4 aromatic carbocycles. The number of nitrogens with zero attached hydrogens (tertiary/aromatic N) is 2. The number of sulfone groups is 1. The van der Waals surface area contributed by atoms with Crippen LogP contribution in [0.3, 0.4) is 0 Å². The molecular weight excluding hydrogens is 480 g/mol. The summed E-state index contributed by atoms with van der Waals surface area (Å²) in [5.41, 5.74) is 1.81. The van der Waals surface area contributed by atoms with Gasteiger partial charge >= 0.3 is 0 Å². The molecule has 0 aromatic heterocycles. The molecule has 5 nitrogen and oxygen atoms in total. The third kappa shape index (κ3) is 5.88. The molecule has 0 aliphatic heterocycles. The molecule has 1 atom stereocenters. The molecule has 37 heavy (non-hydrogen) atoms. The van der Waals surface area contributed by atoms with E-state index in [0.29, 0.717) is 5.75 Å². The molecule has 4 aromatic rings. The maximum absolute atomic E-state index is 13.2. The van der Waals surface area contributed by atoms with Gasteiger partial charge in [0.1, 0.15) is 16.2 Å². The van der Waals surface area contributed by atoms with E-state index in [-0.39, 0.29) is 11.0 Å². The molecule has 0 aliphatic carbocycles. The summed E-state index contributed by atoms with van der Waals surface area (Å²) >= 11 is 0. The molecule has 0 amide bonds. The van der Waals surface area contributed by atoms with E-state index in [1.165, 1.54) is 0 Å². The first-order chi connectivity index (χ1) is 18.0. The van der Waals surface area contributed by atoms with Gasteiger partial charge in [-0.1, -0.05) is 110 Å². The van der Waals surface area contributed by atoms with Gasteiger partial charge in [-0.25, -0.2) is 18.4 Å². The number of aliphatic imine (C=N–C) groups is 2. The largest absolute Gasteiger partial charge is 0.489 e. The summed E-state index contributed by atoms with van der Waals surface area (Å²) in [6, 6.07) is 39.0. The minimum Gasteiger partial charge on any atom is -0.489 e. The van der Waals surface area contributed by atoms with Crippen LogP contribution in [0.5, 0.6) is 5.75 Å². The average Bonchev–Trinajstić information content (AvgIpc) is 2.95. The van der Waals surface area contributed by atoms with Gasteiger partial charge in [-0.15, -0.1) is 0 Å². The highest BCUT2D eigenvalue weighted by molar-refractivity contribution is 7.91. The first kappa shape index (κ1) is 26.1. The molecule has 0 aliphatic rings. The van der Waals surface area contributed by atoms with Crippen LogP contribution in [0.2, 0.25) is 0 Å². The van der Waals surface area contributed by atoms with E-state index in [1.807, 2.05) is 105 Å². The Kier molecular flexibility index (Phi) is 8.34. The maximum atomic E-state index is 13.2. The fourth-order valence-electron chi connectivity index (χ4n) is 4.13. The fraction of sp³-hybridized carbons (Fsp3) is 0.194. The molecule has 0 N–H and O–H groups in total. The Morgan fingerprint density at radius 3 is 1.70 bits per heavy atom. The highest BCUT2D eigenvalue weighted by Gasteiger charge is 2.36. The van der Waals surface area contributed by atoms with Gasteiger partial charge < -0.3 is 4.74 Å². The van der Waals surface area contributed by atoms with Crippen LogP contribution < -0.4 is 4.74 Å². The van der Waals surface area contributed by atoms with Crippen LogP contribution in [0.1, 0.15) is 37.0 Å². The van der Waals surface area contributed by atoms with E-state index in [9.17, 15) is 8.42 Å². The van der Waals surface area contributed by atoms with E-state index in [1.54, 1.807) is 24.3 Å². The van der Waals surface area contributed by atoms with E-state index >= 15 is 0 Å². The summed E-state index contributed by atoms with van der Waals surface area (Å²) in [7, 11) is -3.77.